The zero-order valence-corrected chi connectivity index (χ0v) is 6.75. The van der Waals surface area contributed by atoms with Gasteiger partial charge in [0.25, 0.3) is 0 Å². The van der Waals surface area contributed by atoms with Crippen molar-refractivity contribution in [1.82, 2.24) is 5.01 Å². The van der Waals surface area contributed by atoms with E-state index in [-0.39, 0.29) is 12.0 Å². The van der Waals surface area contributed by atoms with Crippen LogP contribution in [0.4, 0.5) is 0 Å². The van der Waals surface area contributed by atoms with Gasteiger partial charge in [0, 0.05) is 6.54 Å². The molecule has 0 aromatic heterocycles. The fourth-order valence-corrected chi connectivity index (χ4v) is 1.34. The van der Waals surface area contributed by atoms with Gasteiger partial charge in [-0.15, -0.1) is 0 Å². The number of carbonyl (C=O) groups excluding carboxylic acids is 1. The Bertz CT molecular complexity index is 149. The molecule has 0 aromatic carbocycles. The van der Waals surface area contributed by atoms with Gasteiger partial charge in [0.15, 0.2) is 0 Å². The smallest absolute Gasteiger partial charge is 0.324 e. The van der Waals surface area contributed by atoms with E-state index in [2.05, 4.69) is 4.74 Å². The molecule has 4 nitrogen and oxygen atoms in total. The Labute approximate surface area is 66.3 Å². The van der Waals surface area contributed by atoms with Gasteiger partial charge in [-0.05, 0) is 19.3 Å². The predicted octanol–water partition coefficient (Wildman–Crippen LogP) is -0.112. The van der Waals surface area contributed by atoms with Gasteiger partial charge in [-0.25, -0.2) is 5.01 Å². The zero-order valence-electron chi connectivity index (χ0n) is 6.75. The van der Waals surface area contributed by atoms with Crippen LogP contribution in [0.1, 0.15) is 19.3 Å². The minimum Gasteiger partial charge on any atom is -0.468 e. The van der Waals surface area contributed by atoms with E-state index in [0.29, 0.717) is 0 Å². The van der Waals surface area contributed by atoms with Crippen LogP contribution >= 0.6 is 0 Å². The quantitative estimate of drug-likeness (QED) is 0.427. The molecule has 0 radical (unpaired) electrons. The third kappa shape index (κ3) is 1.91. The van der Waals surface area contributed by atoms with Crippen molar-refractivity contribution < 1.29 is 9.53 Å². The molecule has 1 rings (SSSR count). The minimum absolute atomic E-state index is 0.214. The summed E-state index contributed by atoms with van der Waals surface area (Å²) in [4.78, 5) is 11.0. The average Bonchev–Trinajstić information content (AvgIpc) is 2.04. The molecule has 0 saturated carbocycles. The summed E-state index contributed by atoms with van der Waals surface area (Å²) in [5.74, 6) is 5.37. The van der Waals surface area contributed by atoms with Gasteiger partial charge in [-0.2, -0.15) is 0 Å². The minimum atomic E-state index is -0.216. The summed E-state index contributed by atoms with van der Waals surface area (Å²) >= 11 is 0. The zero-order chi connectivity index (χ0) is 8.27. The predicted molar refractivity (Wildman–Crippen MR) is 40.5 cm³/mol. The van der Waals surface area contributed by atoms with Crippen molar-refractivity contribution in [3.8, 4) is 0 Å². The molecule has 4 heteroatoms. The van der Waals surface area contributed by atoms with Crippen LogP contribution in [0.2, 0.25) is 0 Å². The molecule has 1 heterocycles. The first-order valence-electron chi connectivity index (χ1n) is 3.85. The number of hydrogen-bond acceptors (Lipinski definition) is 4. The summed E-state index contributed by atoms with van der Waals surface area (Å²) < 4.78 is 4.60. The fourth-order valence-electron chi connectivity index (χ4n) is 1.34. The van der Waals surface area contributed by atoms with Crippen LogP contribution < -0.4 is 5.84 Å². The Hall–Kier alpha value is -0.610. The molecule has 0 unspecified atom stereocenters. The Morgan fingerprint density at radius 2 is 2.36 bits per heavy atom. The number of esters is 1. The molecule has 1 aliphatic rings. The second kappa shape index (κ2) is 3.69. The molecule has 2 N–H and O–H groups in total. The van der Waals surface area contributed by atoms with Crippen LogP contribution in [-0.2, 0) is 9.53 Å². The van der Waals surface area contributed by atoms with Gasteiger partial charge in [-0.1, -0.05) is 0 Å². The molecule has 1 fully saturated rings. The lowest BCUT2D eigenvalue weighted by molar-refractivity contribution is -0.148. The highest BCUT2D eigenvalue weighted by atomic mass is 16.5. The average molecular weight is 158 g/mol. The molecule has 0 aliphatic carbocycles. The fraction of sp³-hybridized carbons (Fsp3) is 0.857. The van der Waals surface area contributed by atoms with E-state index in [9.17, 15) is 4.79 Å². The van der Waals surface area contributed by atoms with E-state index in [0.717, 1.165) is 25.8 Å². The maximum atomic E-state index is 11.0. The molecule has 64 valence electrons. The molecule has 1 saturated heterocycles. The highest BCUT2D eigenvalue weighted by Gasteiger charge is 2.26. The molecule has 11 heavy (non-hydrogen) atoms. The first kappa shape index (κ1) is 8.49. The maximum absolute atomic E-state index is 11.0. The number of hydrazine groups is 1. The third-order valence-electron chi connectivity index (χ3n) is 2.02. The number of ether oxygens (including phenoxy) is 1. The van der Waals surface area contributed by atoms with E-state index in [4.69, 9.17) is 5.84 Å². The number of nitrogens with zero attached hydrogens (tertiary/aromatic N) is 1. The van der Waals surface area contributed by atoms with Crippen LogP contribution in [0.3, 0.4) is 0 Å². The van der Waals surface area contributed by atoms with Crippen LogP contribution in [0.15, 0.2) is 0 Å². The first-order chi connectivity index (χ1) is 5.25. The van der Waals surface area contributed by atoms with Crippen LogP contribution in [0.25, 0.3) is 0 Å². The van der Waals surface area contributed by atoms with Crippen LogP contribution in [0.5, 0.6) is 0 Å². The summed E-state index contributed by atoms with van der Waals surface area (Å²) in [5, 5.41) is 1.56. The molecule has 1 atom stereocenters. The summed E-state index contributed by atoms with van der Waals surface area (Å²) in [6.45, 7) is 0.791. The van der Waals surface area contributed by atoms with Crippen molar-refractivity contribution >= 4 is 5.97 Å². The van der Waals surface area contributed by atoms with E-state index >= 15 is 0 Å². The monoisotopic (exact) mass is 158 g/mol. The van der Waals surface area contributed by atoms with Crippen LogP contribution in [0, 0.1) is 0 Å². The molecule has 0 bridgehead atoms. The van der Waals surface area contributed by atoms with Crippen molar-refractivity contribution in [1.29, 1.82) is 0 Å². The molecule has 0 aromatic rings. The lowest BCUT2D eigenvalue weighted by Gasteiger charge is -2.29. The lowest BCUT2D eigenvalue weighted by atomic mass is 10.0. The highest BCUT2D eigenvalue weighted by Crippen LogP contribution is 2.13. The van der Waals surface area contributed by atoms with Gasteiger partial charge >= 0.3 is 5.97 Å². The SMILES string of the molecule is COC(=O)[C@H]1CCCCN1N. The van der Waals surface area contributed by atoms with E-state index in [1.54, 1.807) is 5.01 Å². The van der Waals surface area contributed by atoms with Crippen molar-refractivity contribution in [2.75, 3.05) is 13.7 Å². The second-order valence-electron chi connectivity index (χ2n) is 2.77. The maximum Gasteiger partial charge on any atom is 0.324 e. The molecular formula is C7H14N2O2. The van der Waals surface area contributed by atoms with Gasteiger partial charge in [0.05, 0.1) is 7.11 Å². The molecule has 0 amide bonds. The second-order valence-corrected chi connectivity index (χ2v) is 2.77. The van der Waals surface area contributed by atoms with E-state index < -0.39 is 0 Å². The highest BCUT2D eigenvalue weighted by molar-refractivity contribution is 5.75. The van der Waals surface area contributed by atoms with Gasteiger partial charge in [0.2, 0.25) is 0 Å². The molecule has 0 spiro atoms. The molecule has 1 aliphatic heterocycles. The number of carbonyl (C=O) groups is 1. The van der Waals surface area contributed by atoms with Gasteiger partial charge in [0.1, 0.15) is 6.04 Å². The van der Waals surface area contributed by atoms with Gasteiger partial charge < -0.3 is 4.74 Å². The Kier molecular flexibility index (Phi) is 2.84. The van der Waals surface area contributed by atoms with Gasteiger partial charge in [-0.3, -0.25) is 10.6 Å². The summed E-state index contributed by atoms with van der Waals surface area (Å²) in [6, 6.07) is -0.214. The van der Waals surface area contributed by atoms with Crippen molar-refractivity contribution in [3.05, 3.63) is 0 Å². The van der Waals surface area contributed by atoms with Crippen molar-refractivity contribution in [3.63, 3.8) is 0 Å². The van der Waals surface area contributed by atoms with Crippen LogP contribution in [-0.4, -0.2) is 30.7 Å². The van der Waals surface area contributed by atoms with E-state index in [1.165, 1.54) is 7.11 Å². The van der Waals surface area contributed by atoms with Crippen molar-refractivity contribution in [2.24, 2.45) is 5.84 Å². The standard InChI is InChI=1S/C7H14N2O2/c1-11-7(10)6-4-2-3-5-9(6)8/h6H,2-5,8H2,1H3/t6-/m1/s1. The number of rotatable bonds is 1. The van der Waals surface area contributed by atoms with Crippen molar-refractivity contribution in [2.45, 2.75) is 25.3 Å². The topological polar surface area (TPSA) is 55.6 Å². The summed E-state index contributed by atoms with van der Waals surface area (Å²) in [7, 11) is 1.39. The lowest BCUT2D eigenvalue weighted by Crippen LogP contribution is -2.49. The Morgan fingerprint density at radius 3 is 2.91 bits per heavy atom. The number of methoxy groups -OCH3 is 1. The first-order valence-corrected chi connectivity index (χ1v) is 3.85. The number of nitrogens with two attached hydrogens (primary N) is 1. The summed E-state index contributed by atoms with van der Waals surface area (Å²) in [6.07, 6.45) is 2.96. The largest absolute Gasteiger partial charge is 0.468 e. The van der Waals surface area contributed by atoms with E-state index in [1.807, 2.05) is 0 Å². The Balaban J connectivity index is 2.47. The normalized spacial score (nSPS) is 26.5. The third-order valence-corrected chi connectivity index (χ3v) is 2.02. The number of hydrogen-bond donors (Lipinski definition) is 1. The molecular weight excluding hydrogens is 144 g/mol. The number of piperidine rings is 1. The summed E-state index contributed by atoms with van der Waals surface area (Å²) in [5.41, 5.74) is 0. The Morgan fingerprint density at radius 1 is 1.64 bits per heavy atom.